The number of benzene rings is 2. The number of hydrogen-bond acceptors (Lipinski definition) is 3. The highest BCUT2D eigenvalue weighted by atomic mass is 79.9. The molecular weight excluding hydrogens is 334 g/mol. The fourth-order valence-corrected chi connectivity index (χ4v) is 2.58. The number of amidine groups is 1. The molecule has 0 aliphatic rings. The molecule has 3 aromatic rings. The number of halogens is 1. The lowest BCUT2D eigenvalue weighted by Crippen LogP contribution is -2.12. The Morgan fingerprint density at radius 2 is 1.95 bits per heavy atom. The summed E-state index contributed by atoms with van der Waals surface area (Å²) < 4.78 is 0.881. The van der Waals surface area contributed by atoms with Crippen molar-refractivity contribution in [3.63, 3.8) is 0 Å². The molecule has 0 fully saturated rings. The van der Waals surface area contributed by atoms with Gasteiger partial charge in [-0.3, -0.25) is 0 Å². The largest absolute Gasteiger partial charge is 0.507 e. The molecule has 0 saturated heterocycles. The number of rotatable bonds is 2. The van der Waals surface area contributed by atoms with Gasteiger partial charge in [-0.1, -0.05) is 21.1 Å². The van der Waals surface area contributed by atoms with Gasteiger partial charge in [-0.25, -0.2) is 0 Å². The number of oxime groups is 1. The first-order chi connectivity index (χ1) is 10.1. The van der Waals surface area contributed by atoms with Crippen molar-refractivity contribution in [2.75, 3.05) is 0 Å². The number of nitrogens with zero attached hydrogens (tertiary/aromatic N) is 1. The van der Waals surface area contributed by atoms with Crippen molar-refractivity contribution in [2.24, 2.45) is 10.9 Å². The molecule has 21 heavy (non-hydrogen) atoms. The van der Waals surface area contributed by atoms with Crippen LogP contribution in [0, 0.1) is 0 Å². The molecule has 0 atom stereocenters. The summed E-state index contributed by atoms with van der Waals surface area (Å²) in [5, 5.41) is 22.6. The molecule has 2 aromatic carbocycles. The van der Waals surface area contributed by atoms with Gasteiger partial charge < -0.3 is 21.0 Å². The summed E-state index contributed by atoms with van der Waals surface area (Å²) >= 11 is 3.39. The average molecular weight is 346 g/mol. The molecule has 0 amide bonds. The number of nitrogens with two attached hydrogens (primary N) is 1. The van der Waals surface area contributed by atoms with E-state index in [0.717, 1.165) is 21.1 Å². The molecule has 0 aliphatic heterocycles. The van der Waals surface area contributed by atoms with E-state index < -0.39 is 0 Å². The number of aromatic nitrogens is 1. The minimum absolute atomic E-state index is 0.0601. The number of aromatic hydroxyl groups is 1. The quantitative estimate of drug-likeness (QED) is 0.248. The average Bonchev–Trinajstić information content (AvgIpc) is 2.91. The maximum atomic E-state index is 9.98. The zero-order valence-electron chi connectivity index (χ0n) is 10.8. The van der Waals surface area contributed by atoms with Gasteiger partial charge in [0.05, 0.1) is 5.69 Å². The van der Waals surface area contributed by atoms with E-state index in [2.05, 4.69) is 26.1 Å². The van der Waals surface area contributed by atoms with Crippen LogP contribution in [0.5, 0.6) is 5.75 Å². The summed E-state index contributed by atoms with van der Waals surface area (Å²) in [6, 6.07) is 12.6. The third-order valence-electron chi connectivity index (χ3n) is 3.27. The molecule has 5 N–H and O–H groups in total. The molecule has 0 unspecified atom stereocenters. The lowest BCUT2D eigenvalue weighted by atomic mass is 10.1. The molecule has 1 aromatic heterocycles. The first-order valence-corrected chi connectivity index (χ1v) is 6.97. The van der Waals surface area contributed by atoms with Gasteiger partial charge in [0.15, 0.2) is 5.84 Å². The Balaban J connectivity index is 2.15. The smallest absolute Gasteiger partial charge is 0.170 e. The molecule has 1 heterocycles. The van der Waals surface area contributed by atoms with Gasteiger partial charge in [0.1, 0.15) is 5.75 Å². The molecule has 0 spiro atoms. The summed E-state index contributed by atoms with van der Waals surface area (Å²) in [6.45, 7) is 0. The number of H-pyrrole nitrogens is 1. The van der Waals surface area contributed by atoms with Crippen LogP contribution in [0.4, 0.5) is 0 Å². The Labute approximate surface area is 128 Å². The summed E-state index contributed by atoms with van der Waals surface area (Å²) in [7, 11) is 0. The Bertz CT molecular complexity index is 855. The minimum Gasteiger partial charge on any atom is -0.507 e. The first kappa shape index (κ1) is 13.5. The fourth-order valence-electron chi connectivity index (χ4n) is 2.22. The van der Waals surface area contributed by atoms with Crippen LogP contribution in [-0.4, -0.2) is 21.1 Å². The van der Waals surface area contributed by atoms with Crippen molar-refractivity contribution in [3.05, 3.63) is 52.5 Å². The summed E-state index contributed by atoms with van der Waals surface area (Å²) in [4.78, 5) is 3.24. The van der Waals surface area contributed by atoms with Crippen LogP contribution < -0.4 is 5.73 Å². The molecular formula is C15H12BrN3O2. The predicted molar refractivity (Wildman–Crippen MR) is 85.6 cm³/mol. The first-order valence-electron chi connectivity index (χ1n) is 6.18. The van der Waals surface area contributed by atoms with E-state index in [0.29, 0.717) is 11.1 Å². The highest BCUT2D eigenvalue weighted by Gasteiger charge is 2.09. The second-order valence-corrected chi connectivity index (χ2v) is 5.55. The van der Waals surface area contributed by atoms with Crippen LogP contribution in [0.25, 0.3) is 22.2 Å². The van der Waals surface area contributed by atoms with E-state index >= 15 is 0 Å². The normalized spacial score (nSPS) is 12.0. The van der Waals surface area contributed by atoms with Gasteiger partial charge >= 0.3 is 0 Å². The molecule has 6 heteroatoms. The maximum absolute atomic E-state index is 9.98. The summed E-state index contributed by atoms with van der Waals surface area (Å²) in [6.07, 6.45) is 0. The van der Waals surface area contributed by atoms with E-state index in [-0.39, 0.29) is 11.6 Å². The van der Waals surface area contributed by atoms with Crippen molar-refractivity contribution in [2.45, 2.75) is 0 Å². The number of phenolic OH excluding ortho intramolecular Hbond substituents is 1. The summed E-state index contributed by atoms with van der Waals surface area (Å²) in [5.74, 6) is 0.256. The number of phenols is 1. The molecule has 3 rings (SSSR count). The molecule has 0 aliphatic carbocycles. The van der Waals surface area contributed by atoms with Gasteiger partial charge in [0, 0.05) is 26.5 Å². The second kappa shape index (κ2) is 5.14. The Morgan fingerprint density at radius 1 is 1.14 bits per heavy atom. The molecule has 5 nitrogen and oxygen atoms in total. The number of hydrogen-bond donors (Lipinski definition) is 4. The van der Waals surface area contributed by atoms with Gasteiger partial charge in [0.2, 0.25) is 0 Å². The third kappa shape index (κ3) is 2.45. The SMILES string of the molecule is NC(=NO)c1ccc2[nH]c(-c3cc(Br)ccc3O)cc2c1. The van der Waals surface area contributed by atoms with Crippen LogP contribution in [-0.2, 0) is 0 Å². The maximum Gasteiger partial charge on any atom is 0.170 e. The van der Waals surface area contributed by atoms with E-state index in [1.165, 1.54) is 0 Å². The van der Waals surface area contributed by atoms with Gasteiger partial charge in [-0.05, 0) is 42.5 Å². The van der Waals surface area contributed by atoms with Crippen LogP contribution in [0.2, 0.25) is 0 Å². The highest BCUT2D eigenvalue weighted by molar-refractivity contribution is 9.10. The zero-order chi connectivity index (χ0) is 15.0. The Hall–Kier alpha value is -2.47. The lowest BCUT2D eigenvalue weighted by Gasteiger charge is -2.02. The van der Waals surface area contributed by atoms with Gasteiger partial charge in [-0.15, -0.1) is 0 Å². The van der Waals surface area contributed by atoms with E-state index in [1.54, 1.807) is 18.2 Å². The van der Waals surface area contributed by atoms with Crippen molar-refractivity contribution >= 4 is 32.7 Å². The predicted octanol–water partition coefficient (Wildman–Crippen LogP) is 3.40. The van der Waals surface area contributed by atoms with E-state index in [4.69, 9.17) is 10.9 Å². The fraction of sp³-hybridized carbons (Fsp3) is 0. The van der Waals surface area contributed by atoms with Gasteiger partial charge in [0.25, 0.3) is 0 Å². The molecule has 0 saturated carbocycles. The van der Waals surface area contributed by atoms with Gasteiger partial charge in [-0.2, -0.15) is 0 Å². The standard InChI is InChI=1S/C15H12BrN3O2/c16-10-2-4-14(20)11(7-10)13-6-9-5-8(15(17)19-21)1-3-12(9)18-13/h1-7,18,20-21H,(H2,17,19). The van der Waals surface area contributed by atoms with Crippen LogP contribution in [0.1, 0.15) is 5.56 Å². The van der Waals surface area contributed by atoms with Crippen LogP contribution in [0.3, 0.4) is 0 Å². The van der Waals surface area contributed by atoms with Crippen molar-refractivity contribution in [1.82, 2.24) is 4.98 Å². The van der Waals surface area contributed by atoms with Crippen LogP contribution in [0.15, 0.2) is 52.1 Å². The van der Waals surface area contributed by atoms with Crippen molar-refractivity contribution in [3.8, 4) is 17.0 Å². The Morgan fingerprint density at radius 3 is 2.71 bits per heavy atom. The van der Waals surface area contributed by atoms with E-state index in [1.807, 2.05) is 24.3 Å². The second-order valence-electron chi connectivity index (χ2n) is 4.63. The number of nitrogens with one attached hydrogen (secondary N) is 1. The molecule has 0 bridgehead atoms. The van der Waals surface area contributed by atoms with E-state index in [9.17, 15) is 5.11 Å². The molecule has 106 valence electrons. The lowest BCUT2D eigenvalue weighted by molar-refractivity contribution is 0.318. The highest BCUT2D eigenvalue weighted by Crippen LogP contribution is 2.33. The monoisotopic (exact) mass is 345 g/mol. The minimum atomic E-state index is 0.0601. The Kier molecular flexibility index (Phi) is 3.31. The number of fused-ring (bicyclic) bond motifs is 1. The third-order valence-corrected chi connectivity index (χ3v) is 3.77. The topological polar surface area (TPSA) is 94.6 Å². The van der Waals surface area contributed by atoms with Crippen molar-refractivity contribution < 1.29 is 10.3 Å². The number of aromatic amines is 1. The van der Waals surface area contributed by atoms with Crippen LogP contribution >= 0.6 is 15.9 Å². The summed E-state index contributed by atoms with van der Waals surface area (Å²) in [5.41, 5.74) is 8.62. The zero-order valence-corrected chi connectivity index (χ0v) is 12.4. The van der Waals surface area contributed by atoms with Crippen molar-refractivity contribution in [1.29, 1.82) is 0 Å². The molecule has 0 radical (unpaired) electrons.